The summed E-state index contributed by atoms with van der Waals surface area (Å²) in [4.78, 5) is 5.21. The van der Waals surface area contributed by atoms with E-state index in [2.05, 4.69) is 310 Å². The quantitative estimate of drug-likeness (QED) is 0.121. The molecule has 2 aliphatic rings. The van der Waals surface area contributed by atoms with E-state index in [-0.39, 0.29) is 0 Å². The normalized spacial score (nSPS) is 14.1. The van der Waals surface area contributed by atoms with Crippen molar-refractivity contribution in [1.82, 2.24) is 8.80 Å². The Morgan fingerprint density at radius 2 is 0.565 bits per heavy atom. The summed E-state index contributed by atoms with van der Waals surface area (Å²) < 4.78 is 5.20. The van der Waals surface area contributed by atoms with Gasteiger partial charge in [0, 0.05) is 65.3 Å². The van der Waals surface area contributed by atoms with Crippen molar-refractivity contribution >= 4 is 110 Å². The molecule has 0 saturated heterocycles. The highest BCUT2D eigenvalue weighted by Crippen LogP contribution is 2.55. The fourth-order valence-corrected chi connectivity index (χ4v) is 16.9. The largest absolute Gasteiger partial charge is 0.309 e. The molecule has 17 aromatic rings. The maximum Gasteiger partial charge on any atom is 0.0641 e. The lowest BCUT2D eigenvalue weighted by molar-refractivity contribution is 0.723. The zero-order valence-electron chi connectivity index (χ0n) is 51.3. The zero-order chi connectivity index (χ0) is 60.4. The van der Waals surface area contributed by atoms with Crippen molar-refractivity contribution in [3.8, 4) is 44.5 Å². The van der Waals surface area contributed by atoms with E-state index in [0.717, 1.165) is 22.7 Å². The summed E-state index contributed by atoms with van der Waals surface area (Å²) in [5.41, 5.74) is 26.8. The van der Waals surface area contributed by atoms with Crippen molar-refractivity contribution in [3.63, 3.8) is 0 Å². The average Bonchev–Trinajstić information content (AvgIpc) is 1.52. The van der Waals surface area contributed by atoms with Crippen LogP contribution in [0.15, 0.2) is 291 Å². The molecule has 0 unspecified atom stereocenters. The molecule has 0 spiro atoms. The highest BCUT2D eigenvalue weighted by molar-refractivity contribution is 6.32. The van der Waals surface area contributed by atoms with E-state index in [0.29, 0.717) is 11.8 Å². The third-order valence-corrected chi connectivity index (χ3v) is 21.1. The molecular formula is C88H66N4. The van der Waals surface area contributed by atoms with Crippen molar-refractivity contribution in [1.29, 1.82) is 0 Å². The summed E-state index contributed by atoms with van der Waals surface area (Å²) in [6, 6.07) is 110. The van der Waals surface area contributed by atoms with Gasteiger partial charge in [-0.15, -0.1) is 0 Å². The zero-order valence-corrected chi connectivity index (χ0v) is 51.3. The summed E-state index contributed by atoms with van der Waals surface area (Å²) in [6.45, 7) is 0. The van der Waals surface area contributed by atoms with Gasteiger partial charge in [0.15, 0.2) is 0 Å². The number of nitrogens with zero attached hydrogens (tertiary/aromatic N) is 4. The van der Waals surface area contributed by atoms with Gasteiger partial charge >= 0.3 is 0 Å². The van der Waals surface area contributed by atoms with Gasteiger partial charge in [-0.1, -0.05) is 244 Å². The molecule has 0 atom stereocenters. The second-order valence-electron chi connectivity index (χ2n) is 26.0. The monoisotopic (exact) mass is 1180 g/mol. The van der Waals surface area contributed by atoms with E-state index in [1.807, 2.05) is 0 Å². The number of fused-ring (bicyclic) bond motifs is 12. The molecule has 2 saturated carbocycles. The van der Waals surface area contributed by atoms with Crippen LogP contribution in [0.5, 0.6) is 0 Å². The van der Waals surface area contributed by atoms with Crippen LogP contribution < -0.4 is 9.80 Å². The lowest BCUT2D eigenvalue weighted by Crippen LogP contribution is -2.13. The van der Waals surface area contributed by atoms with Crippen molar-refractivity contribution in [2.75, 3.05) is 9.80 Å². The van der Waals surface area contributed by atoms with Crippen LogP contribution in [-0.2, 0) is 0 Å². The van der Waals surface area contributed by atoms with E-state index in [1.54, 1.807) is 0 Å². The number of hydrogen-bond donors (Lipinski definition) is 0. The lowest BCUT2D eigenvalue weighted by atomic mass is 9.91. The van der Waals surface area contributed by atoms with Gasteiger partial charge in [-0.05, 0) is 144 Å². The predicted octanol–water partition coefficient (Wildman–Crippen LogP) is 24.9. The Morgan fingerprint density at radius 3 is 0.967 bits per heavy atom. The molecule has 2 fully saturated rings. The van der Waals surface area contributed by atoms with E-state index in [9.17, 15) is 0 Å². The van der Waals surface area contributed by atoms with E-state index >= 15 is 0 Å². The molecule has 438 valence electrons. The first-order valence-corrected chi connectivity index (χ1v) is 33.3. The van der Waals surface area contributed by atoms with Crippen LogP contribution in [0.4, 0.5) is 34.1 Å². The minimum atomic E-state index is 0.568. The highest BCUT2D eigenvalue weighted by Gasteiger charge is 2.32. The molecule has 19 rings (SSSR count). The fraction of sp³-hybridized carbons (Fsp3) is 0.114. The van der Waals surface area contributed by atoms with Crippen LogP contribution in [0.3, 0.4) is 0 Å². The Bertz CT molecular complexity index is 5300. The smallest absolute Gasteiger partial charge is 0.0641 e. The Balaban J connectivity index is 0.873. The molecule has 0 aliphatic heterocycles. The molecule has 0 amide bonds. The Labute approximate surface area is 535 Å². The summed E-state index contributed by atoms with van der Waals surface area (Å²) in [7, 11) is 0. The number of aromatic nitrogens is 2. The predicted molar refractivity (Wildman–Crippen MR) is 389 cm³/mol. The van der Waals surface area contributed by atoms with Crippen molar-refractivity contribution in [2.24, 2.45) is 0 Å². The van der Waals surface area contributed by atoms with Crippen LogP contribution in [0, 0.1) is 0 Å². The maximum absolute atomic E-state index is 2.60. The van der Waals surface area contributed by atoms with Crippen LogP contribution in [-0.4, -0.2) is 8.80 Å². The molecular weight excluding hydrogens is 1110 g/mol. The second kappa shape index (κ2) is 21.4. The summed E-state index contributed by atoms with van der Waals surface area (Å²) in [6.07, 6.45) is 10.1. The first-order chi connectivity index (χ1) is 45.7. The average molecular weight is 1180 g/mol. The van der Waals surface area contributed by atoms with Crippen LogP contribution in [0.25, 0.3) is 121 Å². The Morgan fingerprint density at radius 1 is 0.239 bits per heavy atom. The number of benzene rings is 13. The van der Waals surface area contributed by atoms with Crippen LogP contribution >= 0.6 is 0 Å². The third-order valence-electron chi connectivity index (χ3n) is 21.1. The molecule has 2 aliphatic carbocycles. The molecule has 92 heavy (non-hydrogen) atoms. The fourth-order valence-electron chi connectivity index (χ4n) is 16.9. The Kier molecular flexibility index (Phi) is 12.3. The standard InChI is InChI=1S/C88H66N4/c1-5-29-59(30-6-1)65-37-17-21-41-75(65)89(79-49-45-63(57-25-13-14-26-57)53-71(79)61-33-9-3-10-34-61)81-51-47-67-73-55-84-74(56-83(73)91-77-43-23-19-39-69(77)85(81)87(67)91)68-48-52-82(86-70-40-20-24-44-78(70)92(84)88(68)86)90(76-42-22-18-38-66(76)60-31-7-2-8-32-60)80-50-46-64(58-27-15-16-28-58)54-72(80)62-35-11-4-12-36-62/h1-12,17-24,29-58H,13-16,25-28H2. The molecule has 4 heterocycles. The molecule has 4 aromatic heterocycles. The number of anilines is 6. The van der Waals surface area contributed by atoms with Gasteiger partial charge in [0.1, 0.15) is 0 Å². The van der Waals surface area contributed by atoms with Gasteiger partial charge < -0.3 is 18.6 Å². The lowest BCUT2D eigenvalue weighted by Gasteiger charge is -2.31. The SMILES string of the molecule is c1ccc(-c2ccccc2N(c2ccc(C3CCCC3)cc2-c2ccccc2)c2ccc3c4cc5c(cc4n4c6ccccc6c2c34)c2ccc(N(c3ccccc3-c3ccccc3)c3ccc(C4CCCC4)cc3-c3ccccc3)c3c4ccccc4n5c23)cc1. The number of para-hydroxylation sites is 4. The van der Waals surface area contributed by atoms with Crippen LogP contribution in [0.2, 0.25) is 0 Å². The molecule has 4 heteroatoms. The van der Waals surface area contributed by atoms with Gasteiger partial charge in [-0.25, -0.2) is 0 Å². The first-order valence-electron chi connectivity index (χ1n) is 33.3. The maximum atomic E-state index is 2.60. The number of hydrogen-bond acceptors (Lipinski definition) is 2. The van der Waals surface area contributed by atoms with Crippen molar-refractivity contribution in [2.45, 2.75) is 63.2 Å². The molecule has 0 bridgehead atoms. The van der Waals surface area contributed by atoms with E-state index in [1.165, 1.54) is 195 Å². The minimum absolute atomic E-state index is 0.568. The summed E-state index contributed by atoms with van der Waals surface area (Å²) >= 11 is 0. The Hall–Kier alpha value is -10.9. The topological polar surface area (TPSA) is 15.3 Å². The summed E-state index contributed by atoms with van der Waals surface area (Å²) in [5, 5.41) is 9.96. The van der Waals surface area contributed by atoms with E-state index in [4.69, 9.17) is 0 Å². The first kappa shape index (κ1) is 52.9. The van der Waals surface area contributed by atoms with Crippen molar-refractivity contribution < 1.29 is 0 Å². The molecule has 0 N–H and O–H groups in total. The van der Waals surface area contributed by atoms with Gasteiger partial charge in [0.25, 0.3) is 0 Å². The third kappa shape index (κ3) is 8.15. The van der Waals surface area contributed by atoms with Crippen LogP contribution in [0.1, 0.15) is 74.3 Å². The second-order valence-corrected chi connectivity index (χ2v) is 26.0. The molecule has 13 aromatic carbocycles. The van der Waals surface area contributed by atoms with Gasteiger partial charge in [-0.2, -0.15) is 0 Å². The van der Waals surface area contributed by atoms with E-state index < -0.39 is 0 Å². The van der Waals surface area contributed by atoms with Gasteiger partial charge in [0.2, 0.25) is 0 Å². The molecule has 0 radical (unpaired) electrons. The van der Waals surface area contributed by atoms with Gasteiger partial charge in [-0.3, -0.25) is 0 Å². The van der Waals surface area contributed by atoms with Gasteiger partial charge in [0.05, 0.1) is 67.2 Å². The minimum Gasteiger partial charge on any atom is -0.309 e. The summed E-state index contributed by atoms with van der Waals surface area (Å²) in [5.74, 6) is 1.14. The molecule has 4 nitrogen and oxygen atoms in total. The van der Waals surface area contributed by atoms with Crippen molar-refractivity contribution in [3.05, 3.63) is 302 Å². The number of rotatable bonds is 12. The highest BCUT2D eigenvalue weighted by atomic mass is 15.2.